The van der Waals surface area contributed by atoms with Crippen LogP contribution in [0, 0.1) is 0 Å². The average Bonchev–Trinajstić information content (AvgIpc) is 2.58. The molecule has 0 aromatic carbocycles. The quantitative estimate of drug-likeness (QED) is 0.295. The highest BCUT2D eigenvalue weighted by molar-refractivity contribution is 6.18. The lowest BCUT2D eigenvalue weighted by molar-refractivity contribution is -0.280. The van der Waals surface area contributed by atoms with Crippen molar-refractivity contribution in [3.05, 3.63) is 0 Å². The van der Waals surface area contributed by atoms with Gasteiger partial charge in [-0.2, -0.15) is 0 Å². The van der Waals surface area contributed by atoms with Crippen LogP contribution in [-0.2, 0) is 14.2 Å². The molecule has 1 aliphatic rings. The third kappa shape index (κ3) is 5.41. The minimum absolute atomic E-state index is 0.231. The number of nitrogens with zero attached hydrogens (tertiary/aromatic N) is 1. The number of hydrogen-bond acceptors (Lipinski definition) is 7. The molecule has 0 aromatic heterocycles. The number of ether oxygens (including phenoxy) is 3. The lowest BCUT2D eigenvalue weighted by Gasteiger charge is -2.46. The number of halogens is 1. The highest BCUT2D eigenvalue weighted by atomic mass is 35.5. The van der Waals surface area contributed by atoms with Crippen molar-refractivity contribution in [3.8, 4) is 0 Å². The largest absolute Gasteiger partial charge is 0.394 e. The summed E-state index contributed by atoms with van der Waals surface area (Å²) in [6, 6.07) is -1.49. The first-order valence-corrected chi connectivity index (χ1v) is 8.29. The summed E-state index contributed by atoms with van der Waals surface area (Å²) < 4.78 is 15.3. The number of aliphatic hydroxyl groups excluding tert-OH is 3. The van der Waals surface area contributed by atoms with Gasteiger partial charge in [-0.05, 0) is 6.42 Å². The predicted molar refractivity (Wildman–Crippen MR) is 85.9 cm³/mol. The molecule has 1 aliphatic heterocycles. The zero-order valence-electron chi connectivity index (χ0n) is 13.9. The van der Waals surface area contributed by atoms with E-state index >= 15 is 0 Å². The Bertz CT molecular complexity index is 361. The molecule has 1 saturated heterocycles. The molecule has 0 unspecified atom stereocenters. The lowest BCUT2D eigenvalue weighted by Crippen LogP contribution is -2.67. The van der Waals surface area contributed by atoms with Gasteiger partial charge in [0.1, 0.15) is 18.3 Å². The maximum Gasteiger partial charge on any atom is 0.317 e. The van der Waals surface area contributed by atoms with E-state index in [1.54, 1.807) is 7.11 Å². The van der Waals surface area contributed by atoms with Crippen molar-refractivity contribution in [3.63, 3.8) is 0 Å². The topological polar surface area (TPSA) is 121 Å². The standard InChI is InChI=1S/C14H27ClN2O7/c1-22-7-3-6-17(14(21)16-5-4-15)10-11(19)9(8-18)24-13(23-2)12(10)20/h9-13,18-20H,3-8H2,1-2H3,(H,16,21)/t9-,10-,11-,12-,13+/m1/s1. The van der Waals surface area contributed by atoms with Crippen LogP contribution in [0.5, 0.6) is 0 Å². The fourth-order valence-corrected chi connectivity index (χ4v) is 2.75. The fraction of sp³-hybridized carbons (Fsp3) is 0.929. The molecule has 142 valence electrons. The van der Waals surface area contributed by atoms with Crippen LogP contribution in [-0.4, -0.2) is 103 Å². The van der Waals surface area contributed by atoms with Gasteiger partial charge in [-0.25, -0.2) is 4.79 Å². The summed E-state index contributed by atoms with van der Waals surface area (Å²) in [5.74, 6) is 0.233. The van der Waals surface area contributed by atoms with Gasteiger partial charge in [-0.15, -0.1) is 11.6 Å². The van der Waals surface area contributed by atoms with Gasteiger partial charge >= 0.3 is 6.03 Å². The molecular formula is C14H27ClN2O7. The highest BCUT2D eigenvalue weighted by Gasteiger charge is 2.48. The molecule has 9 nitrogen and oxygen atoms in total. The first-order valence-electron chi connectivity index (χ1n) is 7.76. The van der Waals surface area contributed by atoms with Crippen LogP contribution >= 0.6 is 11.6 Å². The number of hydrogen-bond donors (Lipinski definition) is 4. The zero-order valence-corrected chi connectivity index (χ0v) is 14.7. The van der Waals surface area contributed by atoms with Crippen molar-refractivity contribution >= 4 is 17.6 Å². The van der Waals surface area contributed by atoms with Crippen LogP contribution in [0.4, 0.5) is 4.79 Å². The second kappa shape index (κ2) is 11.0. The van der Waals surface area contributed by atoms with Crippen molar-refractivity contribution in [2.75, 3.05) is 46.4 Å². The summed E-state index contributed by atoms with van der Waals surface area (Å²) in [5, 5.41) is 32.9. The third-order valence-corrected chi connectivity index (χ3v) is 4.01. The van der Waals surface area contributed by atoms with Gasteiger partial charge < -0.3 is 39.7 Å². The monoisotopic (exact) mass is 370 g/mol. The number of aliphatic hydroxyl groups is 3. The zero-order chi connectivity index (χ0) is 18.1. The summed E-state index contributed by atoms with van der Waals surface area (Å²) in [5.41, 5.74) is 0. The summed E-state index contributed by atoms with van der Waals surface area (Å²) in [6.07, 6.45) is -4.10. The van der Waals surface area contributed by atoms with Crippen molar-refractivity contribution in [1.29, 1.82) is 0 Å². The molecule has 0 spiro atoms. The Morgan fingerprint density at radius 2 is 2.04 bits per heavy atom. The molecule has 1 heterocycles. The summed E-state index contributed by atoms with van der Waals surface area (Å²) in [6.45, 7) is 0.411. The molecule has 0 aromatic rings. The first kappa shape index (κ1) is 21.4. The van der Waals surface area contributed by atoms with Crippen LogP contribution in [0.25, 0.3) is 0 Å². The average molecular weight is 371 g/mol. The van der Waals surface area contributed by atoms with Crippen molar-refractivity contribution < 1.29 is 34.3 Å². The van der Waals surface area contributed by atoms with E-state index in [2.05, 4.69) is 5.32 Å². The highest BCUT2D eigenvalue weighted by Crippen LogP contribution is 2.26. The molecule has 0 aliphatic carbocycles. The van der Waals surface area contributed by atoms with E-state index < -0.39 is 43.3 Å². The van der Waals surface area contributed by atoms with E-state index in [1.807, 2.05) is 0 Å². The Morgan fingerprint density at radius 3 is 2.58 bits per heavy atom. The fourth-order valence-electron chi connectivity index (χ4n) is 2.65. The van der Waals surface area contributed by atoms with Gasteiger partial charge in [-0.1, -0.05) is 0 Å². The summed E-state index contributed by atoms with van der Waals surface area (Å²) in [4.78, 5) is 13.7. The van der Waals surface area contributed by atoms with Gasteiger partial charge in [0, 0.05) is 39.8 Å². The van der Waals surface area contributed by atoms with E-state index in [1.165, 1.54) is 12.0 Å². The van der Waals surface area contributed by atoms with E-state index in [0.717, 1.165) is 0 Å². The molecule has 10 heteroatoms. The van der Waals surface area contributed by atoms with Gasteiger partial charge in [-0.3, -0.25) is 0 Å². The number of methoxy groups -OCH3 is 2. The van der Waals surface area contributed by atoms with Gasteiger partial charge in [0.05, 0.1) is 12.6 Å². The minimum Gasteiger partial charge on any atom is -0.394 e. The molecule has 1 rings (SSSR count). The van der Waals surface area contributed by atoms with Crippen molar-refractivity contribution in [2.45, 2.75) is 37.1 Å². The summed E-state index contributed by atoms with van der Waals surface area (Å²) >= 11 is 5.59. The van der Waals surface area contributed by atoms with Crippen LogP contribution in [0.3, 0.4) is 0 Å². The SMILES string of the molecule is COCCCN(C(=O)NCCCl)[C@H]1[C@@H](O)[C@@H](OC)O[C@H](CO)[C@H]1O. The van der Waals surface area contributed by atoms with Gasteiger partial charge in [0.25, 0.3) is 0 Å². The van der Waals surface area contributed by atoms with Gasteiger partial charge in [0.2, 0.25) is 0 Å². The minimum atomic E-state index is -1.28. The van der Waals surface area contributed by atoms with E-state index in [-0.39, 0.29) is 19.0 Å². The maximum absolute atomic E-state index is 12.4. The predicted octanol–water partition coefficient (Wildman–Crippen LogP) is -1.27. The number of urea groups is 1. The van der Waals surface area contributed by atoms with Crippen molar-refractivity contribution in [2.24, 2.45) is 0 Å². The second-order valence-corrected chi connectivity index (χ2v) is 5.77. The number of alkyl halides is 1. The van der Waals surface area contributed by atoms with E-state index in [0.29, 0.717) is 13.0 Å². The molecule has 0 saturated carbocycles. The Labute approximate surface area is 146 Å². The van der Waals surface area contributed by atoms with Crippen LogP contribution in [0.2, 0.25) is 0 Å². The first-order chi connectivity index (χ1) is 11.5. The molecule has 1 fully saturated rings. The second-order valence-electron chi connectivity index (χ2n) is 5.39. The molecule has 0 radical (unpaired) electrons. The van der Waals surface area contributed by atoms with Crippen molar-refractivity contribution in [1.82, 2.24) is 10.2 Å². The smallest absolute Gasteiger partial charge is 0.317 e. The molecule has 2 amide bonds. The summed E-state index contributed by atoms with van der Waals surface area (Å²) in [7, 11) is 2.87. The Balaban J connectivity index is 2.98. The number of carbonyl (C=O) groups is 1. The van der Waals surface area contributed by atoms with Gasteiger partial charge in [0.15, 0.2) is 6.29 Å². The molecular weight excluding hydrogens is 344 g/mol. The van der Waals surface area contributed by atoms with E-state index in [4.69, 9.17) is 25.8 Å². The number of amides is 2. The van der Waals surface area contributed by atoms with E-state index in [9.17, 15) is 20.1 Å². The number of rotatable bonds is 9. The third-order valence-electron chi connectivity index (χ3n) is 3.82. The molecule has 24 heavy (non-hydrogen) atoms. The molecule has 4 N–H and O–H groups in total. The Hall–Kier alpha value is -0.680. The lowest BCUT2D eigenvalue weighted by atomic mass is 9.94. The normalized spacial score (nSPS) is 30.2. The Kier molecular flexibility index (Phi) is 9.82. The molecule has 5 atom stereocenters. The number of nitrogens with one attached hydrogen (secondary N) is 1. The van der Waals surface area contributed by atoms with Crippen LogP contribution in [0.1, 0.15) is 6.42 Å². The molecule has 0 bridgehead atoms. The maximum atomic E-state index is 12.4. The number of carbonyl (C=O) groups excluding carboxylic acids is 1. The Morgan fingerprint density at radius 1 is 1.33 bits per heavy atom. The van der Waals surface area contributed by atoms with Crippen LogP contribution in [0.15, 0.2) is 0 Å². The van der Waals surface area contributed by atoms with Crippen LogP contribution < -0.4 is 5.32 Å².